The van der Waals surface area contributed by atoms with E-state index in [0.717, 1.165) is 0 Å². The van der Waals surface area contributed by atoms with Crippen molar-refractivity contribution in [1.29, 1.82) is 0 Å². The summed E-state index contributed by atoms with van der Waals surface area (Å²) in [6, 6.07) is 11.5. The normalized spacial score (nSPS) is 23.6. The van der Waals surface area contributed by atoms with Crippen LogP contribution in [0.4, 0.5) is 9.59 Å². The van der Waals surface area contributed by atoms with Crippen LogP contribution >= 0.6 is 0 Å². The maximum absolute atomic E-state index is 14.2. The van der Waals surface area contributed by atoms with E-state index in [1.165, 1.54) is 17.0 Å². The third-order valence-electron chi connectivity index (χ3n) is 8.74. The molecule has 0 aliphatic carbocycles. The number of nitrogens with one attached hydrogen (secondary N) is 2. The Balaban J connectivity index is 1.50. The molecule has 17 nitrogen and oxygen atoms in total. The molecule has 1 unspecified atom stereocenters. The number of hydrogen-bond acceptors (Lipinski definition) is 14. The fraction of sp³-hybridized carbons (Fsp3) is 0.564. The van der Waals surface area contributed by atoms with Gasteiger partial charge in [0.2, 0.25) is 11.8 Å². The zero-order valence-corrected chi connectivity index (χ0v) is 32.4. The zero-order chi connectivity index (χ0) is 41.4. The van der Waals surface area contributed by atoms with Crippen LogP contribution in [0.25, 0.3) is 0 Å². The highest BCUT2D eigenvalue weighted by molar-refractivity contribution is 5.93. The topological polar surface area (TPSA) is 240 Å². The second-order valence-corrected chi connectivity index (χ2v) is 15.7. The van der Waals surface area contributed by atoms with Crippen LogP contribution in [0.5, 0.6) is 5.75 Å². The van der Waals surface area contributed by atoms with Crippen LogP contribution in [0.3, 0.4) is 0 Å². The SMILES string of the molecule is CC(C)(C)OC(=O)N[C@@H](Cc1ccc(OC(=O)OC(C)(C)C)cc1)C(=O)N1CCC[C@H]1C(=O)N[C@@H](Cc1ccccc1)C(=O)OC[C@H]1OC(O)[C@H](O)[C@@H](O)[C@@H]1O. The Hall–Kier alpha value is -4.81. The lowest BCUT2D eigenvalue weighted by molar-refractivity contribution is -0.287. The first-order chi connectivity index (χ1) is 26.2. The molecule has 2 aromatic rings. The van der Waals surface area contributed by atoms with Crippen LogP contribution in [0.1, 0.15) is 65.5 Å². The number of aliphatic hydroxyl groups excluding tert-OH is 4. The number of carbonyl (C=O) groups excluding carboxylic acids is 5. The molecule has 8 atom stereocenters. The molecule has 2 heterocycles. The first-order valence-corrected chi connectivity index (χ1v) is 18.4. The number of aliphatic hydroxyl groups is 4. The quantitative estimate of drug-likeness (QED) is 0.102. The van der Waals surface area contributed by atoms with Gasteiger partial charge in [0.15, 0.2) is 6.29 Å². The van der Waals surface area contributed by atoms with Crippen molar-refractivity contribution >= 4 is 30.0 Å². The van der Waals surface area contributed by atoms with E-state index >= 15 is 0 Å². The van der Waals surface area contributed by atoms with Crippen LogP contribution in [-0.2, 0) is 46.2 Å². The number of carbonyl (C=O) groups is 5. The molecule has 56 heavy (non-hydrogen) atoms. The highest BCUT2D eigenvalue weighted by Gasteiger charge is 2.44. The van der Waals surface area contributed by atoms with Gasteiger partial charge in [-0.2, -0.15) is 0 Å². The van der Waals surface area contributed by atoms with Gasteiger partial charge in [0, 0.05) is 19.4 Å². The van der Waals surface area contributed by atoms with Crippen molar-refractivity contribution in [3.8, 4) is 5.75 Å². The molecule has 6 N–H and O–H groups in total. The minimum Gasteiger partial charge on any atom is -0.461 e. The minimum atomic E-state index is -1.84. The van der Waals surface area contributed by atoms with Gasteiger partial charge in [0.05, 0.1) is 0 Å². The highest BCUT2D eigenvalue weighted by atomic mass is 16.7. The van der Waals surface area contributed by atoms with Crippen molar-refractivity contribution in [3.63, 3.8) is 0 Å². The molecule has 17 heteroatoms. The number of alkyl carbamates (subject to hydrolysis) is 1. The van der Waals surface area contributed by atoms with Crippen molar-refractivity contribution < 1.29 is 68.1 Å². The molecule has 2 saturated heterocycles. The molecule has 0 saturated carbocycles. The van der Waals surface area contributed by atoms with Gasteiger partial charge < -0.3 is 59.6 Å². The molecule has 4 rings (SSSR count). The molecule has 0 bridgehead atoms. The maximum Gasteiger partial charge on any atom is 0.514 e. The summed E-state index contributed by atoms with van der Waals surface area (Å²) in [5.41, 5.74) is -0.380. The standard InChI is InChI=1S/C39H53N3O14/c1-38(2,3)55-36(50)41-25(19-23-14-16-24(17-15-23)53-37(51)56-39(4,5)6)33(47)42-18-10-13-27(42)32(46)40-26(20-22-11-8-7-9-12-22)34(48)52-21-28-29(43)30(44)31(45)35(49)54-28/h7-9,11-12,14-17,25-31,35,43-45,49H,10,13,18-21H2,1-6H3,(H,40,46)(H,41,50)/t25-,26-,27-,28+,29+,30-,31+,35?/m0/s1. The maximum atomic E-state index is 14.2. The summed E-state index contributed by atoms with van der Waals surface area (Å²) in [6.07, 6.45) is -9.53. The molecule has 2 aromatic carbocycles. The summed E-state index contributed by atoms with van der Waals surface area (Å²) >= 11 is 0. The summed E-state index contributed by atoms with van der Waals surface area (Å²) < 4.78 is 26.3. The molecular formula is C39H53N3O14. The number of esters is 1. The van der Waals surface area contributed by atoms with Crippen LogP contribution < -0.4 is 15.4 Å². The van der Waals surface area contributed by atoms with Gasteiger partial charge >= 0.3 is 18.2 Å². The number of rotatable bonds is 12. The van der Waals surface area contributed by atoms with E-state index in [-0.39, 0.29) is 31.6 Å². The largest absolute Gasteiger partial charge is 0.514 e. The molecule has 0 spiro atoms. The second-order valence-electron chi connectivity index (χ2n) is 15.7. The number of nitrogens with zero attached hydrogens (tertiary/aromatic N) is 1. The predicted octanol–water partition coefficient (Wildman–Crippen LogP) is 1.50. The molecule has 3 amide bonds. The molecule has 308 valence electrons. The van der Waals surface area contributed by atoms with Gasteiger partial charge in [0.1, 0.15) is 66.1 Å². The average Bonchev–Trinajstić information content (AvgIpc) is 3.61. The van der Waals surface area contributed by atoms with E-state index in [0.29, 0.717) is 17.5 Å². The first-order valence-electron chi connectivity index (χ1n) is 18.4. The Bertz CT molecular complexity index is 1660. The van der Waals surface area contributed by atoms with Gasteiger partial charge in [-0.05, 0) is 77.6 Å². The van der Waals surface area contributed by atoms with Crippen molar-refractivity contribution in [2.24, 2.45) is 0 Å². The van der Waals surface area contributed by atoms with Crippen LogP contribution in [0.2, 0.25) is 0 Å². The third kappa shape index (κ3) is 12.9. The Morgan fingerprint density at radius 2 is 1.39 bits per heavy atom. The molecular weight excluding hydrogens is 734 g/mol. The summed E-state index contributed by atoms with van der Waals surface area (Å²) in [4.78, 5) is 68.0. The van der Waals surface area contributed by atoms with Crippen molar-refractivity contribution in [1.82, 2.24) is 15.5 Å². The lowest BCUT2D eigenvalue weighted by Crippen LogP contribution is -2.59. The molecule has 2 fully saturated rings. The van der Waals surface area contributed by atoms with Crippen LogP contribution in [-0.4, -0.2) is 129 Å². The molecule has 0 aromatic heterocycles. The van der Waals surface area contributed by atoms with Gasteiger partial charge in [-0.25, -0.2) is 14.4 Å². The van der Waals surface area contributed by atoms with Crippen molar-refractivity contribution in [2.45, 2.75) is 127 Å². The summed E-state index contributed by atoms with van der Waals surface area (Å²) in [6.45, 7) is 9.67. The van der Waals surface area contributed by atoms with Crippen LogP contribution in [0, 0.1) is 0 Å². The van der Waals surface area contributed by atoms with E-state index < -0.39 is 96.7 Å². The predicted molar refractivity (Wildman–Crippen MR) is 197 cm³/mol. The van der Waals surface area contributed by atoms with E-state index in [1.807, 2.05) is 0 Å². The average molecular weight is 788 g/mol. The number of ether oxygens (including phenoxy) is 5. The van der Waals surface area contributed by atoms with Crippen molar-refractivity contribution in [2.75, 3.05) is 13.2 Å². The lowest BCUT2D eigenvalue weighted by Gasteiger charge is -2.38. The summed E-state index contributed by atoms with van der Waals surface area (Å²) in [7, 11) is 0. The summed E-state index contributed by atoms with van der Waals surface area (Å²) in [5, 5.41) is 45.3. The van der Waals surface area contributed by atoms with E-state index in [2.05, 4.69) is 10.6 Å². The molecule has 2 aliphatic heterocycles. The van der Waals surface area contributed by atoms with E-state index in [1.54, 1.807) is 84.0 Å². The number of hydrogen-bond donors (Lipinski definition) is 6. The van der Waals surface area contributed by atoms with Gasteiger partial charge in [-0.1, -0.05) is 42.5 Å². The van der Waals surface area contributed by atoms with Gasteiger partial charge in [-0.3, -0.25) is 9.59 Å². The highest BCUT2D eigenvalue weighted by Crippen LogP contribution is 2.23. The monoisotopic (exact) mass is 787 g/mol. The lowest BCUT2D eigenvalue weighted by atomic mass is 9.99. The van der Waals surface area contributed by atoms with Gasteiger partial charge in [0.25, 0.3) is 0 Å². The third-order valence-corrected chi connectivity index (χ3v) is 8.74. The Kier molecular flexibility index (Phi) is 14.8. The van der Waals surface area contributed by atoms with Crippen LogP contribution in [0.15, 0.2) is 54.6 Å². The number of benzene rings is 2. The Morgan fingerprint density at radius 1 is 0.786 bits per heavy atom. The fourth-order valence-electron chi connectivity index (χ4n) is 6.09. The van der Waals surface area contributed by atoms with E-state index in [9.17, 15) is 44.4 Å². The molecule has 0 radical (unpaired) electrons. The fourth-order valence-corrected chi connectivity index (χ4v) is 6.09. The number of likely N-dealkylation sites (tertiary alicyclic amines) is 1. The first kappa shape index (κ1) is 43.9. The zero-order valence-electron chi connectivity index (χ0n) is 32.4. The summed E-state index contributed by atoms with van der Waals surface area (Å²) in [5.74, 6) is -1.96. The number of amides is 3. The second kappa shape index (κ2) is 18.9. The molecule has 2 aliphatic rings. The van der Waals surface area contributed by atoms with Crippen molar-refractivity contribution in [3.05, 3.63) is 65.7 Å². The Morgan fingerprint density at radius 3 is 2.02 bits per heavy atom. The Labute approximate surface area is 325 Å². The minimum absolute atomic E-state index is 0.0133. The van der Waals surface area contributed by atoms with Gasteiger partial charge in [-0.15, -0.1) is 0 Å². The van der Waals surface area contributed by atoms with E-state index in [4.69, 9.17) is 23.7 Å². The smallest absolute Gasteiger partial charge is 0.461 e.